The Hall–Kier alpha value is -1.28. The standard InChI is InChI=1S/C13H18N2/c1-3-8-14-9-11-10-15(2)13-7-5-4-6-12(11)13/h4-7,10,14H,3,8-9H2,1-2H3. The minimum absolute atomic E-state index is 0.967. The Morgan fingerprint density at radius 1 is 1.27 bits per heavy atom. The quantitative estimate of drug-likeness (QED) is 0.754. The van der Waals surface area contributed by atoms with Crippen molar-refractivity contribution < 1.29 is 0 Å². The summed E-state index contributed by atoms with van der Waals surface area (Å²) in [5.41, 5.74) is 2.70. The molecule has 0 unspecified atom stereocenters. The smallest absolute Gasteiger partial charge is 0.0481 e. The van der Waals surface area contributed by atoms with Crippen molar-refractivity contribution in [2.75, 3.05) is 6.54 Å². The van der Waals surface area contributed by atoms with Crippen molar-refractivity contribution >= 4 is 10.9 Å². The maximum Gasteiger partial charge on any atom is 0.0481 e. The van der Waals surface area contributed by atoms with Crippen LogP contribution in [0.4, 0.5) is 0 Å². The van der Waals surface area contributed by atoms with E-state index >= 15 is 0 Å². The van der Waals surface area contributed by atoms with Crippen LogP contribution in [0, 0.1) is 0 Å². The molecule has 1 heterocycles. The molecule has 80 valence electrons. The van der Waals surface area contributed by atoms with Gasteiger partial charge in [-0.05, 0) is 24.6 Å². The van der Waals surface area contributed by atoms with Crippen molar-refractivity contribution in [1.29, 1.82) is 0 Å². The molecule has 0 amide bonds. The van der Waals surface area contributed by atoms with E-state index in [0.29, 0.717) is 0 Å². The molecule has 0 atom stereocenters. The molecule has 15 heavy (non-hydrogen) atoms. The Morgan fingerprint density at radius 2 is 2.07 bits per heavy atom. The molecule has 1 aromatic carbocycles. The summed E-state index contributed by atoms with van der Waals surface area (Å²) in [5, 5.41) is 4.81. The molecule has 1 N–H and O–H groups in total. The van der Waals surface area contributed by atoms with Crippen LogP contribution in [-0.4, -0.2) is 11.1 Å². The fourth-order valence-corrected chi connectivity index (χ4v) is 1.97. The van der Waals surface area contributed by atoms with E-state index in [0.717, 1.165) is 13.1 Å². The first kappa shape index (κ1) is 10.2. The molecule has 0 bridgehead atoms. The van der Waals surface area contributed by atoms with E-state index in [-0.39, 0.29) is 0 Å². The van der Waals surface area contributed by atoms with Crippen molar-refractivity contribution in [3.8, 4) is 0 Å². The van der Waals surface area contributed by atoms with Crippen LogP contribution in [0.15, 0.2) is 30.5 Å². The first-order valence-electron chi connectivity index (χ1n) is 5.56. The zero-order valence-corrected chi connectivity index (χ0v) is 9.46. The van der Waals surface area contributed by atoms with Gasteiger partial charge in [-0.3, -0.25) is 0 Å². The van der Waals surface area contributed by atoms with Crippen LogP contribution in [0.1, 0.15) is 18.9 Å². The van der Waals surface area contributed by atoms with Crippen molar-refractivity contribution in [1.82, 2.24) is 9.88 Å². The van der Waals surface area contributed by atoms with Crippen molar-refractivity contribution in [2.45, 2.75) is 19.9 Å². The van der Waals surface area contributed by atoms with Gasteiger partial charge < -0.3 is 9.88 Å². The van der Waals surface area contributed by atoms with Crippen molar-refractivity contribution in [3.63, 3.8) is 0 Å². The van der Waals surface area contributed by atoms with Crippen LogP contribution in [0.2, 0.25) is 0 Å². The number of hydrogen-bond acceptors (Lipinski definition) is 1. The lowest BCUT2D eigenvalue weighted by Crippen LogP contribution is -2.13. The Morgan fingerprint density at radius 3 is 2.87 bits per heavy atom. The molecule has 2 nitrogen and oxygen atoms in total. The van der Waals surface area contributed by atoms with Crippen LogP contribution >= 0.6 is 0 Å². The molecule has 0 aliphatic rings. The highest BCUT2D eigenvalue weighted by Crippen LogP contribution is 2.19. The van der Waals surface area contributed by atoms with Gasteiger partial charge in [-0.2, -0.15) is 0 Å². The number of aromatic nitrogens is 1. The minimum atomic E-state index is 0.967. The highest BCUT2D eigenvalue weighted by atomic mass is 14.9. The zero-order chi connectivity index (χ0) is 10.7. The van der Waals surface area contributed by atoms with Gasteiger partial charge in [0.1, 0.15) is 0 Å². The summed E-state index contributed by atoms with van der Waals surface area (Å²) in [5.74, 6) is 0. The maximum absolute atomic E-state index is 3.44. The third kappa shape index (κ3) is 2.05. The SMILES string of the molecule is CCCNCc1cn(C)c2ccccc12. The van der Waals surface area contributed by atoms with Crippen LogP contribution in [0.25, 0.3) is 10.9 Å². The molecule has 0 spiro atoms. The van der Waals surface area contributed by atoms with E-state index in [1.807, 2.05) is 0 Å². The van der Waals surface area contributed by atoms with Gasteiger partial charge in [0.25, 0.3) is 0 Å². The summed E-state index contributed by atoms with van der Waals surface area (Å²) >= 11 is 0. The summed E-state index contributed by atoms with van der Waals surface area (Å²) in [7, 11) is 2.10. The number of para-hydroxylation sites is 1. The van der Waals surface area contributed by atoms with E-state index in [1.165, 1.54) is 22.9 Å². The fraction of sp³-hybridized carbons (Fsp3) is 0.385. The van der Waals surface area contributed by atoms with Gasteiger partial charge in [0.15, 0.2) is 0 Å². The number of hydrogen-bond donors (Lipinski definition) is 1. The average molecular weight is 202 g/mol. The molecule has 2 rings (SSSR count). The summed E-state index contributed by atoms with van der Waals surface area (Å²) in [6.45, 7) is 4.24. The summed E-state index contributed by atoms with van der Waals surface area (Å²) < 4.78 is 2.19. The molecule has 0 aliphatic carbocycles. The third-order valence-electron chi connectivity index (χ3n) is 2.72. The van der Waals surface area contributed by atoms with E-state index in [1.54, 1.807) is 0 Å². The third-order valence-corrected chi connectivity index (χ3v) is 2.72. The van der Waals surface area contributed by atoms with E-state index < -0.39 is 0 Å². The Kier molecular flexibility index (Phi) is 3.07. The topological polar surface area (TPSA) is 17.0 Å². The lowest BCUT2D eigenvalue weighted by atomic mass is 10.2. The van der Waals surface area contributed by atoms with Gasteiger partial charge in [0, 0.05) is 30.7 Å². The highest BCUT2D eigenvalue weighted by Gasteiger charge is 2.04. The van der Waals surface area contributed by atoms with Crippen LogP contribution in [0.5, 0.6) is 0 Å². The molecule has 0 saturated heterocycles. The summed E-state index contributed by atoms with van der Waals surface area (Å²) in [6, 6.07) is 8.55. The first-order valence-corrected chi connectivity index (χ1v) is 5.56. The molecule has 0 saturated carbocycles. The lowest BCUT2D eigenvalue weighted by Gasteiger charge is -2.00. The summed E-state index contributed by atoms with van der Waals surface area (Å²) in [4.78, 5) is 0. The molecule has 0 radical (unpaired) electrons. The number of nitrogens with one attached hydrogen (secondary N) is 1. The summed E-state index contributed by atoms with van der Waals surface area (Å²) in [6.07, 6.45) is 3.40. The van der Waals surface area contributed by atoms with Crippen LogP contribution < -0.4 is 5.32 Å². The molecule has 0 fully saturated rings. The van der Waals surface area contributed by atoms with Crippen molar-refractivity contribution in [2.24, 2.45) is 7.05 Å². The van der Waals surface area contributed by atoms with Crippen LogP contribution in [0.3, 0.4) is 0 Å². The fourth-order valence-electron chi connectivity index (χ4n) is 1.97. The lowest BCUT2D eigenvalue weighted by molar-refractivity contribution is 0.676. The number of nitrogens with zero attached hydrogens (tertiary/aromatic N) is 1. The molecule has 2 aromatic rings. The van der Waals surface area contributed by atoms with E-state index in [2.05, 4.69) is 54.3 Å². The second kappa shape index (κ2) is 4.49. The van der Waals surface area contributed by atoms with Gasteiger partial charge in [-0.25, -0.2) is 0 Å². The van der Waals surface area contributed by atoms with Crippen molar-refractivity contribution in [3.05, 3.63) is 36.0 Å². The van der Waals surface area contributed by atoms with Gasteiger partial charge in [-0.1, -0.05) is 25.1 Å². The predicted molar refractivity (Wildman–Crippen MR) is 64.9 cm³/mol. The maximum atomic E-state index is 3.44. The molecule has 0 aliphatic heterocycles. The Balaban J connectivity index is 2.27. The van der Waals surface area contributed by atoms with Gasteiger partial charge in [0.2, 0.25) is 0 Å². The average Bonchev–Trinajstić information content (AvgIpc) is 2.58. The number of fused-ring (bicyclic) bond motifs is 1. The van der Waals surface area contributed by atoms with Gasteiger partial charge >= 0.3 is 0 Å². The Bertz CT molecular complexity index is 443. The normalized spacial score (nSPS) is 11.1. The van der Waals surface area contributed by atoms with E-state index in [9.17, 15) is 0 Å². The molecule has 2 heteroatoms. The zero-order valence-electron chi connectivity index (χ0n) is 9.46. The second-order valence-electron chi connectivity index (χ2n) is 3.96. The highest BCUT2D eigenvalue weighted by molar-refractivity contribution is 5.83. The second-order valence-corrected chi connectivity index (χ2v) is 3.96. The minimum Gasteiger partial charge on any atom is -0.350 e. The monoisotopic (exact) mass is 202 g/mol. The molecular formula is C13H18N2. The van der Waals surface area contributed by atoms with Gasteiger partial charge in [-0.15, -0.1) is 0 Å². The largest absolute Gasteiger partial charge is 0.350 e. The number of rotatable bonds is 4. The number of aryl methyl sites for hydroxylation is 1. The van der Waals surface area contributed by atoms with Gasteiger partial charge in [0.05, 0.1) is 0 Å². The number of benzene rings is 1. The molecular weight excluding hydrogens is 184 g/mol. The first-order chi connectivity index (χ1) is 7.33. The van der Waals surface area contributed by atoms with E-state index in [4.69, 9.17) is 0 Å². The molecule has 1 aromatic heterocycles. The predicted octanol–water partition coefficient (Wildman–Crippen LogP) is 2.68. The Labute approximate surface area is 90.9 Å². The van der Waals surface area contributed by atoms with Crippen LogP contribution in [-0.2, 0) is 13.6 Å².